The van der Waals surface area contributed by atoms with Crippen LogP contribution in [0.4, 0.5) is 5.69 Å². The third-order valence-electron chi connectivity index (χ3n) is 4.20. The summed E-state index contributed by atoms with van der Waals surface area (Å²) in [5.74, 6) is 0.0738. The topological polar surface area (TPSA) is 58.6 Å². The number of carbonyl (C=O) groups is 2. The van der Waals surface area contributed by atoms with E-state index in [0.717, 1.165) is 28.2 Å². The molecule has 0 spiro atoms. The highest BCUT2D eigenvalue weighted by Crippen LogP contribution is 2.30. The number of nitrogens with zero attached hydrogens (tertiary/aromatic N) is 1. The number of benzene rings is 2. The van der Waals surface area contributed by atoms with E-state index in [1.165, 1.54) is 7.05 Å². The Morgan fingerprint density at radius 1 is 1.04 bits per heavy atom. The molecule has 1 aliphatic heterocycles. The van der Waals surface area contributed by atoms with Crippen LogP contribution in [0.15, 0.2) is 54.2 Å². The Hall–Kier alpha value is -3.08. The molecule has 1 heterocycles. The second-order valence-corrected chi connectivity index (χ2v) is 6.29. The Labute approximate surface area is 153 Å². The van der Waals surface area contributed by atoms with Crippen LogP contribution in [0.1, 0.15) is 24.5 Å². The van der Waals surface area contributed by atoms with Gasteiger partial charge in [0.2, 0.25) is 0 Å². The number of anilines is 1. The zero-order valence-electron chi connectivity index (χ0n) is 15.2. The van der Waals surface area contributed by atoms with Crippen molar-refractivity contribution in [3.8, 4) is 5.75 Å². The van der Waals surface area contributed by atoms with E-state index in [1.54, 1.807) is 0 Å². The third-order valence-corrected chi connectivity index (χ3v) is 4.20. The van der Waals surface area contributed by atoms with Gasteiger partial charge in [0.25, 0.3) is 11.8 Å². The van der Waals surface area contributed by atoms with E-state index < -0.39 is 0 Å². The smallest absolute Gasteiger partial charge is 0.277 e. The predicted octanol–water partition coefficient (Wildman–Crippen LogP) is 3.61. The number of nitrogens with one attached hydrogen (secondary N) is 1. The molecule has 0 saturated heterocycles. The minimum Gasteiger partial charge on any atom is -0.494 e. The van der Waals surface area contributed by atoms with Crippen LogP contribution in [0.25, 0.3) is 5.57 Å². The summed E-state index contributed by atoms with van der Waals surface area (Å²) >= 11 is 0. The number of imide groups is 1. The summed E-state index contributed by atoms with van der Waals surface area (Å²) in [6.07, 6.45) is 0.915. The van der Waals surface area contributed by atoms with E-state index in [0.29, 0.717) is 17.9 Å². The maximum atomic E-state index is 12.6. The maximum absolute atomic E-state index is 12.6. The SMILES string of the molecule is CCCOc1cccc(NC2=C(c3ccc(C)cc3)C(=O)N(C)C2=O)c1. The number of amides is 2. The van der Waals surface area contributed by atoms with Gasteiger partial charge in [0, 0.05) is 18.8 Å². The van der Waals surface area contributed by atoms with E-state index >= 15 is 0 Å². The zero-order valence-corrected chi connectivity index (χ0v) is 15.2. The summed E-state index contributed by atoms with van der Waals surface area (Å²) in [5, 5.41) is 3.12. The second-order valence-electron chi connectivity index (χ2n) is 6.29. The van der Waals surface area contributed by atoms with Crippen LogP contribution in [0.5, 0.6) is 5.75 Å². The first kappa shape index (κ1) is 17.7. The second kappa shape index (κ2) is 7.44. The fraction of sp³-hybridized carbons (Fsp3) is 0.238. The summed E-state index contributed by atoms with van der Waals surface area (Å²) < 4.78 is 5.64. The number of likely N-dealkylation sites (N-methyl/N-ethyl adjacent to an activating group) is 1. The van der Waals surface area contributed by atoms with Gasteiger partial charge < -0.3 is 10.1 Å². The molecule has 2 amide bonds. The summed E-state index contributed by atoms with van der Waals surface area (Å²) in [5.41, 5.74) is 3.19. The highest BCUT2D eigenvalue weighted by molar-refractivity contribution is 6.36. The predicted molar refractivity (Wildman–Crippen MR) is 102 cm³/mol. The molecule has 1 N–H and O–H groups in total. The number of ether oxygens (including phenoxy) is 1. The summed E-state index contributed by atoms with van der Waals surface area (Å²) in [6.45, 7) is 4.65. The van der Waals surface area contributed by atoms with Crippen molar-refractivity contribution >= 4 is 23.1 Å². The van der Waals surface area contributed by atoms with Crippen molar-refractivity contribution in [1.82, 2.24) is 4.90 Å². The molecule has 5 heteroatoms. The molecule has 0 bridgehead atoms. The Morgan fingerprint density at radius 3 is 2.46 bits per heavy atom. The summed E-state index contributed by atoms with van der Waals surface area (Å²) in [7, 11) is 1.49. The molecule has 0 radical (unpaired) electrons. The summed E-state index contributed by atoms with van der Waals surface area (Å²) in [6, 6.07) is 15.0. The number of hydrogen-bond acceptors (Lipinski definition) is 4. The molecule has 2 aromatic rings. The molecule has 3 rings (SSSR count). The van der Waals surface area contributed by atoms with Gasteiger partial charge in [0.05, 0.1) is 12.2 Å². The number of carbonyl (C=O) groups excluding carboxylic acids is 2. The van der Waals surface area contributed by atoms with Gasteiger partial charge in [-0.15, -0.1) is 0 Å². The minimum absolute atomic E-state index is 0.286. The van der Waals surface area contributed by atoms with Crippen molar-refractivity contribution in [2.75, 3.05) is 19.0 Å². The van der Waals surface area contributed by atoms with Gasteiger partial charge in [-0.3, -0.25) is 14.5 Å². The fourth-order valence-corrected chi connectivity index (χ4v) is 2.77. The molecule has 0 aliphatic carbocycles. The lowest BCUT2D eigenvalue weighted by molar-refractivity contribution is -0.135. The average Bonchev–Trinajstić information content (AvgIpc) is 2.85. The molecule has 0 aromatic heterocycles. The van der Waals surface area contributed by atoms with E-state index in [1.807, 2.05) is 62.4 Å². The van der Waals surface area contributed by atoms with E-state index in [4.69, 9.17) is 4.74 Å². The van der Waals surface area contributed by atoms with Crippen LogP contribution in [0.2, 0.25) is 0 Å². The normalized spacial score (nSPS) is 14.2. The quantitative estimate of drug-likeness (QED) is 0.809. The first-order valence-electron chi connectivity index (χ1n) is 8.65. The number of rotatable bonds is 6. The van der Waals surface area contributed by atoms with Crippen LogP contribution in [0, 0.1) is 6.92 Å². The number of hydrogen-bond donors (Lipinski definition) is 1. The molecular weight excluding hydrogens is 328 g/mol. The lowest BCUT2D eigenvalue weighted by atomic mass is 10.0. The molecule has 134 valence electrons. The van der Waals surface area contributed by atoms with Crippen molar-refractivity contribution in [1.29, 1.82) is 0 Å². The average molecular weight is 350 g/mol. The highest BCUT2D eigenvalue weighted by atomic mass is 16.5. The molecule has 5 nitrogen and oxygen atoms in total. The zero-order chi connectivity index (χ0) is 18.7. The Kier molecular flexibility index (Phi) is 5.07. The van der Waals surface area contributed by atoms with Crippen LogP contribution in [-0.2, 0) is 9.59 Å². The molecule has 2 aromatic carbocycles. The lowest BCUT2D eigenvalue weighted by Gasteiger charge is -2.11. The van der Waals surface area contributed by atoms with Crippen molar-refractivity contribution in [3.63, 3.8) is 0 Å². The molecule has 0 fully saturated rings. The minimum atomic E-state index is -0.342. The highest BCUT2D eigenvalue weighted by Gasteiger charge is 2.36. The molecule has 26 heavy (non-hydrogen) atoms. The molecule has 0 saturated carbocycles. The van der Waals surface area contributed by atoms with Crippen LogP contribution >= 0.6 is 0 Å². The molecule has 0 unspecified atom stereocenters. The van der Waals surface area contributed by atoms with E-state index in [-0.39, 0.29) is 17.5 Å². The Balaban J connectivity index is 1.97. The van der Waals surface area contributed by atoms with E-state index in [9.17, 15) is 9.59 Å². The maximum Gasteiger partial charge on any atom is 0.277 e. The third kappa shape index (κ3) is 3.47. The monoisotopic (exact) mass is 350 g/mol. The van der Waals surface area contributed by atoms with Crippen LogP contribution < -0.4 is 10.1 Å². The Bertz CT molecular complexity index is 869. The number of aryl methyl sites for hydroxylation is 1. The molecule has 1 aliphatic rings. The van der Waals surface area contributed by atoms with Crippen molar-refractivity contribution in [2.45, 2.75) is 20.3 Å². The van der Waals surface area contributed by atoms with Crippen LogP contribution in [0.3, 0.4) is 0 Å². The molecule has 0 atom stereocenters. The fourth-order valence-electron chi connectivity index (χ4n) is 2.77. The van der Waals surface area contributed by atoms with Crippen molar-refractivity contribution < 1.29 is 14.3 Å². The first-order valence-corrected chi connectivity index (χ1v) is 8.65. The summed E-state index contributed by atoms with van der Waals surface area (Å²) in [4.78, 5) is 26.3. The van der Waals surface area contributed by atoms with Gasteiger partial charge in [-0.1, -0.05) is 42.8 Å². The van der Waals surface area contributed by atoms with E-state index in [2.05, 4.69) is 5.32 Å². The van der Waals surface area contributed by atoms with Gasteiger partial charge in [-0.25, -0.2) is 0 Å². The Morgan fingerprint density at radius 2 is 1.77 bits per heavy atom. The van der Waals surface area contributed by atoms with Crippen molar-refractivity contribution in [2.24, 2.45) is 0 Å². The van der Waals surface area contributed by atoms with Gasteiger partial charge in [-0.05, 0) is 31.0 Å². The molecular formula is C21H22N2O3. The standard InChI is InChI=1S/C21H22N2O3/c1-4-12-26-17-7-5-6-16(13-17)22-19-18(20(24)23(3)21(19)25)15-10-8-14(2)9-11-15/h5-11,13,22H,4,12H2,1-3H3. The van der Waals surface area contributed by atoms with Crippen LogP contribution in [-0.4, -0.2) is 30.4 Å². The lowest BCUT2D eigenvalue weighted by Crippen LogP contribution is -2.27. The van der Waals surface area contributed by atoms with Gasteiger partial charge in [-0.2, -0.15) is 0 Å². The van der Waals surface area contributed by atoms with Gasteiger partial charge >= 0.3 is 0 Å². The van der Waals surface area contributed by atoms with Crippen molar-refractivity contribution in [3.05, 3.63) is 65.4 Å². The van der Waals surface area contributed by atoms with Gasteiger partial charge in [0.15, 0.2) is 0 Å². The largest absolute Gasteiger partial charge is 0.494 e. The van der Waals surface area contributed by atoms with Gasteiger partial charge in [0.1, 0.15) is 11.4 Å². The first-order chi connectivity index (χ1) is 12.5.